The van der Waals surface area contributed by atoms with E-state index in [1.807, 2.05) is 12.2 Å². The lowest BCUT2D eigenvalue weighted by Crippen LogP contribution is -2.26. The van der Waals surface area contributed by atoms with Crippen LogP contribution in [0.2, 0.25) is 0 Å². The van der Waals surface area contributed by atoms with Gasteiger partial charge in [-0.2, -0.15) is 0 Å². The van der Waals surface area contributed by atoms with Crippen LogP contribution in [0.4, 0.5) is 0 Å². The Kier molecular flexibility index (Phi) is 3.43. The average molecular weight is 276 g/mol. The number of nitrogens with zero attached hydrogens (tertiary/aromatic N) is 1. The molecule has 0 amide bonds. The number of benzene rings is 1. The van der Waals surface area contributed by atoms with Crippen molar-refractivity contribution >= 4 is 23.7 Å². The van der Waals surface area contributed by atoms with Crippen LogP contribution in [-0.4, -0.2) is 21.5 Å². The Labute approximate surface area is 120 Å². The van der Waals surface area contributed by atoms with Gasteiger partial charge in [-0.15, -0.1) is 0 Å². The molecule has 0 unspecified atom stereocenters. The molecule has 0 atom stereocenters. The van der Waals surface area contributed by atoms with Gasteiger partial charge in [-0.05, 0) is 34.7 Å². The van der Waals surface area contributed by atoms with Crippen LogP contribution in [0.1, 0.15) is 20.7 Å². The summed E-state index contributed by atoms with van der Waals surface area (Å²) in [4.78, 5) is 29.7. The van der Waals surface area contributed by atoms with Crippen molar-refractivity contribution in [1.82, 2.24) is 9.97 Å². The first-order valence-electron chi connectivity index (χ1n) is 6.48. The molecule has 0 saturated carbocycles. The number of nitrogens with one attached hydrogen (secondary N) is 1. The molecule has 2 aliphatic rings. The summed E-state index contributed by atoms with van der Waals surface area (Å²) < 4.78 is 0. The fourth-order valence-electron chi connectivity index (χ4n) is 2.21. The van der Waals surface area contributed by atoms with E-state index in [9.17, 15) is 9.59 Å². The van der Waals surface area contributed by atoms with Crippen LogP contribution in [0.15, 0.2) is 55.2 Å². The molecule has 1 aromatic heterocycles. The van der Waals surface area contributed by atoms with Crippen molar-refractivity contribution < 1.29 is 9.59 Å². The van der Waals surface area contributed by atoms with Gasteiger partial charge in [-0.1, -0.05) is 24.3 Å². The molecule has 0 saturated heterocycles. The molecule has 21 heavy (non-hydrogen) atoms. The fourth-order valence-corrected chi connectivity index (χ4v) is 2.21. The highest BCUT2D eigenvalue weighted by Gasteiger charge is 2.13. The number of hydrogen-bond donors (Lipinski definition) is 1. The van der Waals surface area contributed by atoms with Gasteiger partial charge in [-0.3, -0.25) is 9.59 Å². The van der Waals surface area contributed by atoms with Crippen molar-refractivity contribution in [3.05, 3.63) is 76.7 Å². The normalized spacial score (nSPS) is 14.3. The van der Waals surface area contributed by atoms with E-state index in [4.69, 9.17) is 0 Å². The van der Waals surface area contributed by atoms with Crippen molar-refractivity contribution in [2.45, 2.75) is 0 Å². The van der Waals surface area contributed by atoms with E-state index in [1.54, 1.807) is 43.0 Å². The summed E-state index contributed by atoms with van der Waals surface area (Å²) in [6.45, 7) is 0. The van der Waals surface area contributed by atoms with Crippen LogP contribution in [0.3, 0.4) is 0 Å². The molecule has 4 heteroatoms. The Bertz CT molecular complexity index is 793. The van der Waals surface area contributed by atoms with Gasteiger partial charge in [0.2, 0.25) is 0 Å². The number of allylic oxidation sites excluding steroid dienone is 4. The molecule has 1 N–H and O–H groups in total. The number of rotatable bonds is 0. The first-order valence-corrected chi connectivity index (χ1v) is 6.48. The van der Waals surface area contributed by atoms with Gasteiger partial charge in [0.1, 0.15) is 0 Å². The highest BCUT2D eigenvalue weighted by molar-refractivity contribution is 6.10. The first kappa shape index (κ1) is 13.0. The Morgan fingerprint density at radius 3 is 1.81 bits per heavy atom. The number of aromatic nitrogens is 2. The van der Waals surface area contributed by atoms with E-state index in [1.165, 1.54) is 12.2 Å². The topological polar surface area (TPSA) is 62.8 Å². The predicted octanol–water partition coefficient (Wildman–Crippen LogP) is 1.16. The van der Waals surface area contributed by atoms with Crippen LogP contribution in [0.25, 0.3) is 12.2 Å². The van der Waals surface area contributed by atoms with E-state index in [0.717, 1.165) is 10.4 Å². The summed E-state index contributed by atoms with van der Waals surface area (Å²) in [6.07, 6.45) is 15.3. The summed E-state index contributed by atoms with van der Waals surface area (Å²) in [5.74, 6) is -0.00796. The highest BCUT2D eigenvalue weighted by Crippen LogP contribution is 2.04. The summed E-state index contributed by atoms with van der Waals surface area (Å²) >= 11 is 0. The predicted molar refractivity (Wildman–Crippen MR) is 80.2 cm³/mol. The zero-order valence-electron chi connectivity index (χ0n) is 11.1. The maximum absolute atomic E-state index is 11.6. The quantitative estimate of drug-likeness (QED) is 0.785. The second-order valence-corrected chi connectivity index (χ2v) is 4.57. The molecule has 2 aliphatic carbocycles. The van der Waals surface area contributed by atoms with Gasteiger partial charge in [-0.25, -0.2) is 4.98 Å². The standard InChI is InChI=1S/C14H8O2.C3H4N2/c15-13-5-1-3-9-7-12-10(8-11(9)13)4-2-6-14(12)16;1-2-5-3-4-1/h1-8H;1-3H,(H,4,5). The SMILES string of the molecule is O=C1C=CC=c2cc3c(cc21)=CC=CC3=O.c1c[nH]cn1. The highest BCUT2D eigenvalue weighted by atomic mass is 16.1. The van der Waals surface area contributed by atoms with E-state index in [-0.39, 0.29) is 11.6 Å². The second-order valence-electron chi connectivity index (χ2n) is 4.57. The third-order valence-corrected chi connectivity index (χ3v) is 3.21. The van der Waals surface area contributed by atoms with E-state index >= 15 is 0 Å². The molecule has 4 nitrogen and oxygen atoms in total. The maximum Gasteiger partial charge on any atom is 0.186 e. The number of fused-ring (bicyclic) bond motifs is 2. The van der Waals surface area contributed by atoms with Crippen molar-refractivity contribution in [3.63, 3.8) is 0 Å². The first-order chi connectivity index (χ1) is 10.3. The minimum absolute atomic E-state index is 0.00398. The molecule has 0 fully saturated rings. The third-order valence-electron chi connectivity index (χ3n) is 3.21. The third kappa shape index (κ3) is 2.65. The maximum atomic E-state index is 11.6. The number of aromatic amines is 1. The number of hydrogen-bond acceptors (Lipinski definition) is 3. The van der Waals surface area contributed by atoms with E-state index in [0.29, 0.717) is 11.1 Å². The monoisotopic (exact) mass is 276 g/mol. The van der Waals surface area contributed by atoms with Crippen LogP contribution >= 0.6 is 0 Å². The number of H-pyrrole nitrogens is 1. The van der Waals surface area contributed by atoms with Crippen LogP contribution in [0, 0.1) is 0 Å². The number of carbonyl (C=O) groups is 2. The van der Waals surface area contributed by atoms with Gasteiger partial charge in [0.15, 0.2) is 11.6 Å². The van der Waals surface area contributed by atoms with Crippen molar-refractivity contribution in [2.24, 2.45) is 0 Å². The van der Waals surface area contributed by atoms with E-state index in [2.05, 4.69) is 9.97 Å². The van der Waals surface area contributed by atoms with Gasteiger partial charge >= 0.3 is 0 Å². The Hall–Kier alpha value is -3.01. The average Bonchev–Trinajstić information content (AvgIpc) is 3.06. The molecule has 2 aromatic rings. The summed E-state index contributed by atoms with van der Waals surface area (Å²) in [5.41, 5.74) is 1.33. The van der Waals surface area contributed by atoms with E-state index < -0.39 is 0 Å². The van der Waals surface area contributed by atoms with Gasteiger partial charge in [0.05, 0.1) is 6.33 Å². The number of imidazole rings is 1. The Balaban J connectivity index is 0.000000225. The van der Waals surface area contributed by atoms with Crippen molar-refractivity contribution in [3.8, 4) is 0 Å². The molecule has 1 aromatic carbocycles. The lowest BCUT2D eigenvalue weighted by Gasteiger charge is -2.07. The molecule has 0 radical (unpaired) electrons. The minimum Gasteiger partial charge on any atom is -0.351 e. The lowest BCUT2D eigenvalue weighted by atomic mass is 9.95. The molecular formula is C17H12N2O2. The van der Waals surface area contributed by atoms with Gasteiger partial charge in [0.25, 0.3) is 0 Å². The molecule has 0 spiro atoms. The van der Waals surface area contributed by atoms with Crippen LogP contribution in [-0.2, 0) is 0 Å². The Morgan fingerprint density at radius 1 is 0.857 bits per heavy atom. The smallest absolute Gasteiger partial charge is 0.186 e. The van der Waals surface area contributed by atoms with Crippen LogP contribution in [0.5, 0.6) is 0 Å². The molecule has 4 rings (SSSR count). The zero-order valence-corrected chi connectivity index (χ0v) is 11.1. The summed E-state index contributed by atoms with van der Waals surface area (Å²) in [5, 5.41) is 1.65. The lowest BCUT2D eigenvalue weighted by molar-refractivity contribution is 0.103. The van der Waals surface area contributed by atoms with Crippen LogP contribution < -0.4 is 10.4 Å². The number of carbonyl (C=O) groups excluding carboxylic acids is 2. The molecular weight excluding hydrogens is 264 g/mol. The molecule has 0 bridgehead atoms. The zero-order chi connectivity index (χ0) is 14.7. The molecule has 102 valence electrons. The second kappa shape index (κ2) is 5.54. The Morgan fingerprint density at radius 2 is 1.43 bits per heavy atom. The van der Waals surface area contributed by atoms with Gasteiger partial charge < -0.3 is 4.98 Å². The summed E-state index contributed by atoms with van der Waals surface area (Å²) in [7, 11) is 0. The fraction of sp³-hybridized carbons (Fsp3) is 0. The molecule has 1 heterocycles. The van der Waals surface area contributed by atoms with Gasteiger partial charge in [0, 0.05) is 23.5 Å². The van der Waals surface area contributed by atoms with Crippen molar-refractivity contribution in [1.29, 1.82) is 0 Å². The molecule has 0 aliphatic heterocycles. The van der Waals surface area contributed by atoms with Crippen molar-refractivity contribution in [2.75, 3.05) is 0 Å². The summed E-state index contributed by atoms with van der Waals surface area (Å²) in [6, 6.07) is 3.57. The largest absolute Gasteiger partial charge is 0.351 e. The minimum atomic E-state index is -0.00398. The number of ketones is 2.